The first kappa shape index (κ1) is 11.0. The highest BCUT2D eigenvalue weighted by Gasteiger charge is 2.30. The van der Waals surface area contributed by atoms with Gasteiger partial charge in [-0.25, -0.2) is 4.39 Å². The Morgan fingerprint density at radius 3 is 2.00 bits per heavy atom. The van der Waals surface area contributed by atoms with Crippen LogP contribution in [-0.2, 0) is 6.18 Å². The van der Waals surface area contributed by atoms with Crippen molar-refractivity contribution in [3.05, 3.63) is 35.4 Å². The SMILES string of the molecule is NC(CF)c1ccc(C(F)(F)F)cc1. The predicted octanol–water partition coefficient (Wildman–Crippen LogP) is 2.67. The van der Waals surface area contributed by atoms with Gasteiger partial charge in [-0.15, -0.1) is 0 Å². The number of halogens is 4. The lowest BCUT2D eigenvalue weighted by Crippen LogP contribution is -2.12. The Balaban J connectivity index is 2.89. The van der Waals surface area contributed by atoms with Gasteiger partial charge in [0.25, 0.3) is 0 Å². The van der Waals surface area contributed by atoms with E-state index >= 15 is 0 Å². The van der Waals surface area contributed by atoms with Gasteiger partial charge < -0.3 is 5.73 Å². The van der Waals surface area contributed by atoms with Crippen LogP contribution >= 0.6 is 0 Å². The number of alkyl halides is 4. The van der Waals surface area contributed by atoms with Crippen molar-refractivity contribution in [2.75, 3.05) is 6.67 Å². The molecule has 0 amide bonds. The zero-order valence-corrected chi connectivity index (χ0v) is 7.18. The van der Waals surface area contributed by atoms with Crippen LogP contribution in [-0.4, -0.2) is 6.67 Å². The number of hydrogen-bond donors (Lipinski definition) is 1. The third-order valence-electron chi connectivity index (χ3n) is 1.83. The van der Waals surface area contributed by atoms with E-state index in [4.69, 9.17) is 5.73 Å². The maximum Gasteiger partial charge on any atom is 0.416 e. The maximum absolute atomic E-state index is 12.1. The zero-order chi connectivity index (χ0) is 10.8. The fraction of sp³-hybridized carbons (Fsp3) is 0.333. The summed E-state index contributed by atoms with van der Waals surface area (Å²) in [6.07, 6.45) is -4.36. The minimum atomic E-state index is -4.36. The normalized spacial score (nSPS) is 14.1. The summed E-state index contributed by atoms with van der Waals surface area (Å²) < 4.78 is 48.4. The van der Waals surface area contributed by atoms with Gasteiger partial charge in [0.15, 0.2) is 0 Å². The van der Waals surface area contributed by atoms with Crippen molar-refractivity contribution in [1.82, 2.24) is 0 Å². The molecule has 1 rings (SSSR count). The first-order valence-corrected chi connectivity index (χ1v) is 3.94. The van der Waals surface area contributed by atoms with Crippen LogP contribution < -0.4 is 5.73 Å². The average molecular weight is 207 g/mol. The number of hydrogen-bond acceptors (Lipinski definition) is 1. The van der Waals surface area contributed by atoms with E-state index in [-0.39, 0.29) is 0 Å². The Kier molecular flexibility index (Phi) is 3.10. The standard InChI is InChI=1S/C9H9F4N/c10-5-8(14)6-1-3-7(4-2-6)9(11,12)13/h1-4,8H,5,14H2. The van der Waals surface area contributed by atoms with E-state index in [0.29, 0.717) is 5.56 Å². The second-order valence-electron chi connectivity index (χ2n) is 2.88. The highest BCUT2D eigenvalue weighted by molar-refractivity contribution is 5.26. The zero-order valence-electron chi connectivity index (χ0n) is 7.18. The topological polar surface area (TPSA) is 26.0 Å². The first-order valence-electron chi connectivity index (χ1n) is 3.94. The van der Waals surface area contributed by atoms with Gasteiger partial charge in [0.05, 0.1) is 11.6 Å². The van der Waals surface area contributed by atoms with Gasteiger partial charge in [0.2, 0.25) is 0 Å². The molecule has 0 bridgehead atoms. The largest absolute Gasteiger partial charge is 0.416 e. The van der Waals surface area contributed by atoms with Gasteiger partial charge in [0.1, 0.15) is 6.67 Å². The summed E-state index contributed by atoms with van der Waals surface area (Å²) in [6.45, 7) is -0.786. The fourth-order valence-electron chi connectivity index (χ4n) is 1.01. The lowest BCUT2D eigenvalue weighted by molar-refractivity contribution is -0.137. The molecule has 0 spiro atoms. The van der Waals surface area contributed by atoms with Crippen LogP contribution in [0.2, 0.25) is 0 Å². The van der Waals surface area contributed by atoms with Crippen LogP contribution in [0.25, 0.3) is 0 Å². The summed E-state index contributed by atoms with van der Waals surface area (Å²) in [4.78, 5) is 0. The van der Waals surface area contributed by atoms with E-state index in [9.17, 15) is 17.6 Å². The molecule has 1 unspecified atom stereocenters. The molecule has 14 heavy (non-hydrogen) atoms. The van der Waals surface area contributed by atoms with E-state index in [1.54, 1.807) is 0 Å². The summed E-state index contributed by atoms with van der Waals surface area (Å²) in [5.41, 5.74) is 4.90. The van der Waals surface area contributed by atoms with Crippen molar-refractivity contribution < 1.29 is 17.6 Å². The van der Waals surface area contributed by atoms with Crippen LogP contribution in [0.1, 0.15) is 17.2 Å². The Morgan fingerprint density at radius 1 is 1.14 bits per heavy atom. The van der Waals surface area contributed by atoms with Gasteiger partial charge in [-0.1, -0.05) is 12.1 Å². The molecule has 0 radical (unpaired) electrons. The molecule has 1 nitrogen and oxygen atoms in total. The molecule has 78 valence electrons. The fourth-order valence-corrected chi connectivity index (χ4v) is 1.01. The lowest BCUT2D eigenvalue weighted by Gasteiger charge is -2.10. The Labute approximate surface area is 78.5 Å². The Hall–Kier alpha value is -1.10. The molecule has 0 saturated heterocycles. The smallest absolute Gasteiger partial charge is 0.322 e. The van der Waals surface area contributed by atoms with E-state index in [1.807, 2.05) is 0 Å². The molecule has 0 heterocycles. The van der Waals surface area contributed by atoms with E-state index < -0.39 is 24.5 Å². The summed E-state index contributed by atoms with van der Waals surface area (Å²) in [5.74, 6) is 0. The van der Waals surface area contributed by atoms with Gasteiger partial charge in [0, 0.05) is 0 Å². The summed E-state index contributed by atoms with van der Waals surface area (Å²) in [6, 6.07) is 3.31. The van der Waals surface area contributed by atoms with Crippen molar-refractivity contribution in [2.24, 2.45) is 5.73 Å². The average Bonchev–Trinajstić information content (AvgIpc) is 2.15. The number of benzene rings is 1. The minimum absolute atomic E-state index is 0.362. The Bertz CT molecular complexity index is 291. The minimum Gasteiger partial charge on any atom is -0.322 e. The van der Waals surface area contributed by atoms with E-state index in [0.717, 1.165) is 12.1 Å². The van der Waals surface area contributed by atoms with Crippen LogP contribution in [0.3, 0.4) is 0 Å². The molecule has 0 saturated carbocycles. The van der Waals surface area contributed by atoms with Crippen molar-refractivity contribution in [2.45, 2.75) is 12.2 Å². The van der Waals surface area contributed by atoms with Crippen molar-refractivity contribution in [1.29, 1.82) is 0 Å². The molecular weight excluding hydrogens is 198 g/mol. The Morgan fingerprint density at radius 2 is 1.64 bits per heavy atom. The molecule has 0 aromatic heterocycles. The third kappa shape index (κ3) is 2.45. The molecule has 1 aromatic carbocycles. The molecule has 0 fully saturated rings. The summed E-state index contributed by atoms with van der Waals surface area (Å²) >= 11 is 0. The molecule has 1 aromatic rings. The predicted molar refractivity (Wildman–Crippen MR) is 44.3 cm³/mol. The molecule has 1 atom stereocenters. The quantitative estimate of drug-likeness (QED) is 0.741. The van der Waals surface area contributed by atoms with Crippen molar-refractivity contribution in [3.63, 3.8) is 0 Å². The molecule has 0 aliphatic rings. The number of rotatable bonds is 2. The second kappa shape index (κ2) is 3.96. The number of nitrogens with two attached hydrogens (primary N) is 1. The maximum atomic E-state index is 12.1. The van der Waals surface area contributed by atoms with Crippen molar-refractivity contribution >= 4 is 0 Å². The highest BCUT2D eigenvalue weighted by atomic mass is 19.4. The van der Waals surface area contributed by atoms with Crippen LogP contribution in [0.4, 0.5) is 17.6 Å². The molecule has 0 aliphatic heterocycles. The molecule has 2 N–H and O–H groups in total. The van der Waals surface area contributed by atoms with Crippen LogP contribution in [0, 0.1) is 0 Å². The first-order chi connectivity index (χ1) is 6.45. The van der Waals surface area contributed by atoms with Crippen LogP contribution in [0.5, 0.6) is 0 Å². The van der Waals surface area contributed by atoms with Gasteiger partial charge in [-0.05, 0) is 17.7 Å². The lowest BCUT2D eigenvalue weighted by atomic mass is 10.1. The molecular formula is C9H9F4N. The van der Waals surface area contributed by atoms with Crippen molar-refractivity contribution in [3.8, 4) is 0 Å². The second-order valence-corrected chi connectivity index (χ2v) is 2.88. The molecule has 5 heteroatoms. The summed E-state index contributed by atoms with van der Waals surface area (Å²) in [5, 5.41) is 0. The highest BCUT2D eigenvalue weighted by Crippen LogP contribution is 2.29. The monoisotopic (exact) mass is 207 g/mol. The van der Waals surface area contributed by atoms with E-state index in [2.05, 4.69) is 0 Å². The van der Waals surface area contributed by atoms with E-state index in [1.165, 1.54) is 12.1 Å². The van der Waals surface area contributed by atoms with Gasteiger partial charge in [-0.3, -0.25) is 0 Å². The molecule has 0 aliphatic carbocycles. The van der Waals surface area contributed by atoms with Crippen LogP contribution in [0.15, 0.2) is 24.3 Å². The summed E-state index contributed by atoms with van der Waals surface area (Å²) in [7, 11) is 0. The van der Waals surface area contributed by atoms with Gasteiger partial charge >= 0.3 is 6.18 Å². The third-order valence-corrected chi connectivity index (χ3v) is 1.83. The van der Waals surface area contributed by atoms with Gasteiger partial charge in [-0.2, -0.15) is 13.2 Å².